The van der Waals surface area contributed by atoms with E-state index in [-0.39, 0.29) is 17.2 Å². The Morgan fingerprint density at radius 2 is 1.64 bits per heavy atom. The van der Waals surface area contributed by atoms with Gasteiger partial charge in [0.05, 0.1) is 26.9 Å². The van der Waals surface area contributed by atoms with E-state index in [1.807, 2.05) is 0 Å². The molecular formula is C20H17NO7. The molecule has 1 aliphatic rings. The third-order valence-electron chi connectivity index (χ3n) is 3.99. The van der Waals surface area contributed by atoms with E-state index in [1.165, 1.54) is 39.5 Å². The lowest BCUT2D eigenvalue weighted by atomic mass is 10.1. The van der Waals surface area contributed by atoms with Crippen LogP contribution in [0, 0.1) is 0 Å². The molecule has 8 nitrogen and oxygen atoms in total. The van der Waals surface area contributed by atoms with Gasteiger partial charge in [-0.25, -0.2) is 14.6 Å². The molecular weight excluding hydrogens is 366 g/mol. The van der Waals surface area contributed by atoms with Crippen molar-refractivity contribution in [3.05, 3.63) is 58.8 Å². The molecule has 0 spiro atoms. The van der Waals surface area contributed by atoms with Crippen molar-refractivity contribution < 1.29 is 33.6 Å². The number of hydrogen-bond acceptors (Lipinski definition) is 7. The van der Waals surface area contributed by atoms with Crippen molar-refractivity contribution in [1.82, 2.24) is 0 Å². The van der Waals surface area contributed by atoms with Crippen LogP contribution in [0.1, 0.15) is 21.5 Å². The summed E-state index contributed by atoms with van der Waals surface area (Å²) in [6, 6.07) is 9.29. The Bertz CT molecular complexity index is 965. The zero-order valence-electron chi connectivity index (χ0n) is 15.4. The molecule has 0 saturated carbocycles. The van der Waals surface area contributed by atoms with E-state index >= 15 is 0 Å². The number of benzene rings is 2. The predicted molar refractivity (Wildman–Crippen MR) is 100 cm³/mol. The number of nitrogens with zero attached hydrogens (tertiary/aromatic N) is 1. The number of aromatic carboxylic acids is 1. The van der Waals surface area contributed by atoms with Crippen LogP contribution in [0.2, 0.25) is 0 Å². The van der Waals surface area contributed by atoms with E-state index in [0.29, 0.717) is 28.4 Å². The summed E-state index contributed by atoms with van der Waals surface area (Å²) in [6.45, 7) is 0. The molecule has 0 atom stereocenters. The summed E-state index contributed by atoms with van der Waals surface area (Å²) in [5.74, 6) is -0.339. The van der Waals surface area contributed by atoms with Gasteiger partial charge in [-0.05, 0) is 35.9 Å². The molecule has 0 saturated heterocycles. The SMILES string of the molecule is COc1cc(C2=N/C(=C/c3ccc(C(=O)O)cc3)C(=O)O2)cc(OC)c1OC. The van der Waals surface area contributed by atoms with Crippen molar-refractivity contribution in [3.63, 3.8) is 0 Å². The summed E-state index contributed by atoms with van der Waals surface area (Å²) in [5, 5.41) is 8.94. The molecule has 28 heavy (non-hydrogen) atoms. The van der Waals surface area contributed by atoms with Gasteiger partial charge in [-0.3, -0.25) is 0 Å². The fourth-order valence-electron chi connectivity index (χ4n) is 2.62. The number of hydrogen-bond donors (Lipinski definition) is 1. The average Bonchev–Trinajstić information content (AvgIpc) is 3.07. The van der Waals surface area contributed by atoms with Gasteiger partial charge in [0.25, 0.3) is 0 Å². The molecule has 0 bridgehead atoms. The quantitative estimate of drug-likeness (QED) is 0.604. The number of methoxy groups -OCH3 is 3. The normalized spacial score (nSPS) is 14.5. The van der Waals surface area contributed by atoms with Gasteiger partial charge < -0.3 is 24.1 Å². The number of carbonyl (C=O) groups is 2. The molecule has 0 fully saturated rings. The van der Waals surface area contributed by atoms with Gasteiger partial charge in [-0.2, -0.15) is 0 Å². The predicted octanol–water partition coefficient (Wildman–Crippen LogP) is 2.76. The van der Waals surface area contributed by atoms with Gasteiger partial charge in [-0.15, -0.1) is 0 Å². The number of aliphatic imine (C=N–C) groups is 1. The van der Waals surface area contributed by atoms with Gasteiger partial charge in [-0.1, -0.05) is 12.1 Å². The van der Waals surface area contributed by atoms with E-state index in [0.717, 1.165) is 0 Å². The Labute approximate surface area is 160 Å². The van der Waals surface area contributed by atoms with Crippen LogP contribution in [0.5, 0.6) is 17.2 Å². The Morgan fingerprint density at radius 3 is 2.14 bits per heavy atom. The molecule has 0 radical (unpaired) electrons. The van der Waals surface area contributed by atoms with Crippen LogP contribution in [0.15, 0.2) is 47.1 Å². The molecule has 0 unspecified atom stereocenters. The molecule has 0 amide bonds. The maximum atomic E-state index is 12.2. The summed E-state index contributed by atoms with van der Waals surface area (Å²) >= 11 is 0. The van der Waals surface area contributed by atoms with Crippen molar-refractivity contribution in [1.29, 1.82) is 0 Å². The van der Waals surface area contributed by atoms with E-state index in [2.05, 4.69) is 4.99 Å². The molecule has 8 heteroatoms. The Hall–Kier alpha value is -3.81. The van der Waals surface area contributed by atoms with Crippen LogP contribution in [-0.4, -0.2) is 44.3 Å². The Kier molecular flexibility index (Phi) is 5.30. The lowest BCUT2D eigenvalue weighted by Crippen LogP contribution is -2.06. The highest BCUT2D eigenvalue weighted by Gasteiger charge is 2.26. The highest BCUT2D eigenvalue weighted by atomic mass is 16.6. The van der Waals surface area contributed by atoms with E-state index in [1.54, 1.807) is 24.3 Å². The first kappa shape index (κ1) is 19.0. The molecule has 2 aromatic carbocycles. The third kappa shape index (κ3) is 3.66. The van der Waals surface area contributed by atoms with E-state index in [4.69, 9.17) is 24.1 Å². The molecule has 0 aromatic heterocycles. The second-order valence-electron chi connectivity index (χ2n) is 5.68. The van der Waals surface area contributed by atoms with Crippen LogP contribution >= 0.6 is 0 Å². The smallest absolute Gasteiger partial charge is 0.363 e. The molecule has 1 N–H and O–H groups in total. The van der Waals surface area contributed by atoms with Crippen molar-refractivity contribution in [3.8, 4) is 17.2 Å². The van der Waals surface area contributed by atoms with Crippen LogP contribution in [0.3, 0.4) is 0 Å². The first-order valence-electron chi connectivity index (χ1n) is 8.13. The highest BCUT2D eigenvalue weighted by Crippen LogP contribution is 2.39. The summed E-state index contributed by atoms with van der Waals surface area (Å²) < 4.78 is 21.1. The zero-order valence-corrected chi connectivity index (χ0v) is 15.4. The topological polar surface area (TPSA) is 104 Å². The fraction of sp³-hybridized carbons (Fsp3) is 0.150. The third-order valence-corrected chi connectivity index (χ3v) is 3.99. The monoisotopic (exact) mass is 383 g/mol. The van der Waals surface area contributed by atoms with Crippen LogP contribution in [-0.2, 0) is 9.53 Å². The average molecular weight is 383 g/mol. The molecule has 1 aliphatic heterocycles. The highest BCUT2D eigenvalue weighted by molar-refractivity contribution is 6.13. The lowest BCUT2D eigenvalue weighted by Gasteiger charge is -2.13. The number of esters is 1. The summed E-state index contributed by atoms with van der Waals surface area (Å²) in [6.07, 6.45) is 1.51. The number of cyclic esters (lactones) is 1. The van der Waals surface area contributed by atoms with E-state index in [9.17, 15) is 9.59 Å². The van der Waals surface area contributed by atoms with Gasteiger partial charge >= 0.3 is 11.9 Å². The van der Waals surface area contributed by atoms with Crippen LogP contribution in [0.25, 0.3) is 6.08 Å². The first-order valence-corrected chi connectivity index (χ1v) is 8.13. The van der Waals surface area contributed by atoms with Crippen molar-refractivity contribution >= 4 is 23.9 Å². The Morgan fingerprint density at radius 1 is 1.04 bits per heavy atom. The summed E-state index contributed by atoms with van der Waals surface area (Å²) in [4.78, 5) is 27.3. The van der Waals surface area contributed by atoms with Crippen molar-refractivity contribution in [2.75, 3.05) is 21.3 Å². The second kappa shape index (κ2) is 7.83. The second-order valence-corrected chi connectivity index (χ2v) is 5.68. The fourth-order valence-corrected chi connectivity index (χ4v) is 2.62. The minimum atomic E-state index is -1.03. The Balaban J connectivity index is 1.96. The lowest BCUT2D eigenvalue weighted by molar-refractivity contribution is -0.129. The molecule has 2 aromatic rings. The largest absolute Gasteiger partial charge is 0.493 e. The number of rotatable bonds is 6. The van der Waals surface area contributed by atoms with Crippen molar-refractivity contribution in [2.24, 2.45) is 4.99 Å². The van der Waals surface area contributed by atoms with Gasteiger partial charge in [0.2, 0.25) is 11.6 Å². The van der Waals surface area contributed by atoms with Gasteiger partial charge in [0, 0.05) is 5.56 Å². The van der Waals surface area contributed by atoms with Gasteiger partial charge in [0.15, 0.2) is 17.2 Å². The standard InChI is InChI=1S/C20H17NO7/c1-25-15-9-13(10-16(26-2)17(15)27-3)18-21-14(20(24)28-18)8-11-4-6-12(7-5-11)19(22)23/h4-10H,1-3H3,(H,22,23)/b14-8+. The number of carbonyl (C=O) groups excluding carboxylic acids is 1. The van der Waals surface area contributed by atoms with Crippen LogP contribution in [0.4, 0.5) is 0 Å². The maximum Gasteiger partial charge on any atom is 0.363 e. The molecule has 144 valence electrons. The van der Waals surface area contributed by atoms with Gasteiger partial charge in [0.1, 0.15) is 0 Å². The number of carboxylic acid groups (broad SMARTS) is 1. The minimum Gasteiger partial charge on any atom is -0.493 e. The number of carboxylic acids is 1. The summed E-state index contributed by atoms with van der Waals surface area (Å²) in [5.41, 5.74) is 1.34. The van der Waals surface area contributed by atoms with Crippen LogP contribution < -0.4 is 14.2 Å². The molecule has 3 rings (SSSR count). The zero-order chi connectivity index (χ0) is 20.3. The van der Waals surface area contributed by atoms with E-state index < -0.39 is 11.9 Å². The maximum absolute atomic E-state index is 12.2. The number of ether oxygens (including phenoxy) is 4. The first-order chi connectivity index (χ1) is 13.5. The van der Waals surface area contributed by atoms with Crippen molar-refractivity contribution in [2.45, 2.75) is 0 Å². The molecule has 0 aliphatic carbocycles. The minimum absolute atomic E-state index is 0.0897. The molecule has 1 heterocycles. The summed E-state index contributed by atoms with van der Waals surface area (Å²) in [7, 11) is 4.45.